The minimum absolute atomic E-state index is 0.762. The van der Waals surface area contributed by atoms with Crippen molar-refractivity contribution in [3.8, 4) is 0 Å². The molecule has 0 saturated heterocycles. The molecule has 4 heteroatoms. The second-order valence-corrected chi connectivity index (χ2v) is 3.72. The van der Waals surface area contributed by atoms with Gasteiger partial charge in [0.2, 0.25) is 0 Å². The zero-order valence-electron chi connectivity index (χ0n) is 9.73. The third-order valence-electron chi connectivity index (χ3n) is 2.63. The van der Waals surface area contributed by atoms with Crippen LogP contribution < -0.4 is 5.32 Å². The molecular weight excluding hydrogens is 202 g/mol. The zero-order chi connectivity index (χ0) is 11.4. The number of nitrogens with one attached hydrogen (secondary N) is 1. The van der Waals surface area contributed by atoms with Gasteiger partial charge in [-0.2, -0.15) is 0 Å². The molecule has 0 spiro atoms. The molecule has 0 bridgehead atoms. The van der Waals surface area contributed by atoms with Crippen molar-refractivity contribution < 1.29 is 4.42 Å². The highest BCUT2D eigenvalue weighted by molar-refractivity contribution is 5.18. The second-order valence-electron chi connectivity index (χ2n) is 3.72. The van der Waals surface area contributed by atoms with Crippen LogP contribution in [0.15, 0.2) is 29.1 Å². The normalized spacial score (nSPS) is 10.9. The molecule has 0 aromatic carbocycles. The van der Waals surface area contributed by atoms with Crippen LogP contribution in [-0.4, -0.2) is 16.6 Å². The summed E-state index contributed by atoms with van der Waals surface area (Å²) in [5.74, 6) is 2.11. The maximum atomic E-state index is 5.43. The van der Waals surface area contributed by atoms with Crippen LogP contribution in [0.3, 0.4) is 0 Å². The number of hydrogen-bond donors (Lipinski definition) is 1. The quantitative estimate of drug-likeness (QED) is 0.834. The molecule has 0 aliphatic heterocycles. The summed E-state index contributed by atoms with van der Waals surface area (Å²) in [4.78, 5) is 4.31. The first kappa shape index (κ1) is 11.0. The fourth-order valence-electron chi connectivity index (χ4n) is 1.81. The first-order valence-corrected chi connectivity index (χ1v) is 5.55. The zero-order valence-corrected chi connectivity index (χ0v) is 9.73. The van der Waals surface area contributed by atoms with E-state index in [1.54, 1.807) is 6.26 Å². The number of furan rings is 1. The topological polar surface area (TPSA) is 43.0 Å². The Hall–Kier alpha value is -1.55. The molecule has 0 radical (unpaired) electrons. The summed E-state index contributed by atoms with van der Waals surface area (Å²) in [6, 6.07) is 2.02. The minimum Gasteiger partial charge on any atom is -0.468 e. The van der Waals surface area contributed by atoms with E-state index in [9.17, 15) is 0 Å². The summed E-state index contributed by atoms with van der Waals surface area (Å²) in [5, 5.41) is 3.10. The summed E-state index contributed by atoms with van der Waals surface area (Å²) in [7, 11) is 1.92. The first-order chi connectivity index (χ1) is 7.85. The largest absolute Gasteiger partial charge is 0.468 e. The van der Waals surface area contributed by atoms with E-state index in [2.05, 4.69) is 21.8 Å². The number of hydrogen-bond acceptors (Lipinski definition) is 3. The molecule has 0 aliphatic carbocycles. The maximum absolute atomic E-state index is 5.43. The number of aromatic nitrogens is 2. The molecule has 2 aromatic rings. The van der Waals surface area contributed by atoms with Crippen molar-refractivity contribution in [2.24, 2.45) is 0 Å². The van der Waals surface area contributed by atoms with Crippen molar-refractivity contribution in [1.29, 1.82) is 0 Å². The monoisotopic (exact) mass is 219 g/mol. The molecule has 86 valence electrons. The minimum atomic E-state index is 0.762. The van der Waals surface area contributed by atoms with E-state index in [1.807, 2.05) is 25.5 Å². The maximum Gasteiger partial charge on any atom is 0.122 e. The molecule has 16 heavy (non-hydrogen) atoms. The van der Waals surface area contributed by atoms with Crippen LogP contribution in [0.5, 0.6) is 0 Å². The second kappa shape index (κ2) is 4.99. The smallest absolute Gasteiger partial charge is 0.122 e. The third-order valence-corrected chi connectivity index (χ3v) is 2.63. The highest BCUT2D eigenvalue weighted by Crippen LogP contribution is 2.13. The van der Waals surface area contributed by atoms with Crippen molar-refractivity contribution in [3.63, 3.8) is 0 Å². The fourth-order valence-corrected chi connectivity index (χ4v) is 1.81. The summed E-state index contributed by atoms with van der Waals surface area (Å²) in [6.45, 7) is 3.71. The van der Waals surface area contributed by atoms with Gasteiger partial charge < -0.3 is 14.3 Å². The molecule has 2 aromatic heterocycles. The molecule has 1 N–H and O–H groups in total. The van der Waals surface area contributed by atoms with Crippen molar-refractivity contribution in [2.45, 2.75) is 26.4 Å². The van der Waals surface area contributed by atoms with Gasteiger partial charge in [-0.15, -0.1) is 0 Å². The molecular formula is C12H17N3O. The van der Waals surface area contributed by atoms with Gasteiger partial charge in [-0.05, 0) is 13.1 Å². The van der Waals surface area contributed by atoms with Gasteiger partial charge in [-0.25, -0.2) is 4.98 Å². The molecule has 2 rings (SSSR count). The fraction of sp³-hybridized carbons (Fsp3) is 0.417. The van der Waals surface area contributed by atoms with Gasteiger partial charge in [0.15, 0.2) is 0 Å². The standard InChI is InChI=1S/C12H17N3O/c1-3-12-14-5-6-15(12)9-10-4-7-16-11(10)8-13-2/h4-7,13H,3,8-9H2,1-2H3. The van der Waals surface area contributed by atoms with Crippen LogP contribution in [-0.2, 0) is 19.5 Å². The Labute approximate surface area is 95.3 Å². The van der Waals surface area contributed by atoms with Gasteiger partial charge in [0.05, 0.1) is 19.4 Å². The predicted molar refractivity (Wildman–Crippen MR) is 62.2 cm³/mol. The third kappa shape index (κ3) is 2.17. The van der Waals surface area contributed by atoms with Crippen LogP contribution in [0.1, 0.15) is 24.1 Å². The summed E-state index contributed by atoms with van der Waals surface area (Å²) in [5.41, 5.74) is 1.21. The van der Waals surface area contributed by atoms with Crippen molar-refractivity contribution >= 4 is 0 Å². The van der Waals surface area contributed by atoms with Crippen LogP contribution in [0.25, 0.3) is 0 Å². The van der Waals surface area contributed by atoms with Gasteiger partial charge in [0, 0.05) is 24.4 Å². The van der Waals surface area contributed by atoms with Gasteiger partial charge >= 0.3 is 0 Å². The number of nitrogens with zero attached hydrogens (tertiary/aromatic N) is 2. The SMILES string of the molecule is CCc1nccn1Cc1ccoc1CNC. The lowest BCUT2D eigenvalue weighted by molar-refractivity contribution is 0.488. The lowest BCUT2D eigenvalue weighted by Gasteiger charge is -2.06. The molecule has 0 amide bonds. The number of rotatable bonds is 5. The Morgan fingerprint density at radius 1 is 1.50 bits per heavy atom. The van der Waals surface area contributed by atoms with Gasteiger partial charge in [-0.1, -0.05) is 6.92 Å². The number of imidazole rings is 1. The number of aryl methyl sites for hydroxylation is 1. The lowest BCUT2D eigenvalue weighted by Crippen LogP contribution is -2.09. The Balaban J connectivity index is 2.17. The van der Waals surface area contributed by atoms with E-state index >= 15 is 0 Å². The van der Waals surface area contributed by atoms with Gasteiger partial charge in [0.25, 0.3) is 0 Å². The van der Waals surface area contributed by atoms with E-state index in [0.717, 1.165) is 31.1 Å². The average molecular weight is 219 g/mol. The van der Waals surface area contributed by atoms with Crippen molar-refractivity contribution in [1.82, 2.24) is 14.9 Å². The first-order valence-electron chi connectivity index (χ1n) is 5.55. The van der Waals surface area contributed by atoms with Crippen LogP contribution in [0.4, 0.5) is 0 Å². The Kier molecular flexibility index (Phi) is 3.41. The summed E-state index contributed by atoms with van der Waals surface area (Å²) >= 11 is 0. The Morgan fingerprint density at radius 3 is 3.12 bits per heavy atom. The molecule has 0 aliphatic rings. The molecule has 0 fully saturated rings. The Bertz CT molecular complexity index is 445. The van der Waals surface area contributed by atoms with Crippen LogP contribution in [0.2, 0.25) is 0 Å². The van der Waals surface area contributed by atoms with Crippen molar-refractivity contribution in [3.05, 3.63) is 41.9 Å². The highest BCUT2D eigenvalue weighted by atomic mass is 16.3. The van der Waals surface area contributed by atoms with E-state index in [-0.39, 0.29) is 0 Å². The lowest BCUT2D eigenvalue weighted by atomic mass is 10.2. The van der Waals surface area contributed by atoms with Crippen LogP contribution >= 0.6 is 0 Å². The van der Waals surface area contributed by atoms with E-state index < -0.39 is 0 Å². The van der Waals surface area contributed by atoms with Crippen molar-refractivity contribution in [2.75, 3.05) is 7.05 Å². The Morgan fingerprint density at radius 2 is 2.38 bits per heavy atom. The summed E-state index contributed by atoms with van der Waals surface area (Å²) in [6.07, 6.45) is 6.54. The molecule has 4 nitrogen and oxygen atoms in total. The van der Waals surface area contributed by atoms with Gasteiger partial charge in [-0.3, -0.25) is 0 Å². The van der Waals surface area contributed by atoms with E-state index in [1.165, 1.54) is 5.56 Å². The summed E-state index contributed by atoms with van der Waals surface area (Å²) < 4.78 is 7.59. The van der Waals surface area contributed by atoms with Crippen LogP contribution in [0, 0.1) is 0 Å². The van der Waals surface area contributed by atoms with Gasteiger partial charge in [0.1, 0.15) is 11.6 Å². The highest BCUT2D eigenvalue weighted by Gasteiger charge is 2.07. The molecule has 2 heterocycles. The molecule has 0 unspecified atom stereocenters. The van der Waals surface area contributed by atoms with E-state index in [0.29, 0.717) is 0 Å². The molecule has 0 atom stereocenters. The van der Waals surface area contributed by atoms with E-state index in [4.69, 9.17) is 4.42 Å². The average Bonchev–Trinajstić information content (AvgIpc) is 2.89. The predicted octanol–water partition coefficient (Wildman–Crippen LogP) is 1.81. The molecule has 0 saturated carbocycles.